The van der Waals surface area contributed by atoms with Gasteiger partial charge in [0.15, 0.2) is 0 Å². The highest BCUT2D eigenvalue weighted by atomic mass is 16.5. The molecule has 0 amide bonds. The zero-order valence-corrected chi connectivity index (χ0v) is 10.6. The summed E-state index contributed by atoms with van der Waals surface area (Å²) >= 11 is 0. The lowest BCUT2D eigenvalue weighted by Crippen LogP contribution is -2.15. The quantitative estimate of drug-likeness (QED) is 0.885. The molecule has 2 aromatic rings. The highest BCUT2D eigenvalue weighted by Gasteiger charge is 2.07. The minimum absolute atomic E-state index is 0.135. The van der Waals surface area contributed by atoms with Crippen molar-refractivity contribution in [3.8, 4) is 11.8 Å². The number of rotatable bonds is 3. The maximum absolute atomic E-state index is 5.61. The summed E-state index contributed by atoms with van der Waals surface area (Å²) in [6.45, 7) is 2.01. The number of anilines is 2. The number of hydrogen-bond donors (Lipinski definition) is 1. The van der Waals surface area contributed by atoms with E-state index in [-0.39, 0.29) is 12.0 Å². The van der Waals surface area contributed by atoms with E-state index in [1.807, 2.05) is 45.3 Å². The molecule has 1 aromatic heterocycles. The number of nitrogens with two attached hydrogens (primary N) is 1. The fourth-order valence-electron chi connectivity index (χ4n) is 1.32. The van der Waals surface area contributed by atoms with Crippen LogP contribution in [0.25, 0.3) is 0 Å². The smallest absolute Gasteiger partial charge is 0.328 e. The molecule has 0 aliphatic carbocycles. The van der Waals surface area contributed by atoms with E-state index >= 15 is 0 Å². The van der Waals surface area contributed by atoms with Crippen molar-refractivity contribution in [1.29, 1.82) is 0 Å². The Hall–Kier alpha value is -2.37. The van der Waals surface area contributed by atoms with Crippen LogP contribution in [0.15, 0.2) is 24.3 Å². The molecule has 94 valence electrons. The fraction of sp³-hybridized carbons (Fsp3) is 0.250. The van der Waals surface area contributed by atoms with E-state index in [2.05, 4.69) is 15.0 Å². The summed E-state index contributed by atoms with van der Waals surface area (Å²) in [4.78, 5) is 13.8. The molecule has 2 rings (SSSR count). The standard InChI is InChI=1S/C12H15N5O/c1-8-4-6-9(7-5-8)18-12-15-10(13)14-11(16-12)17(2)3/h4-7H,1-3H3,(H2,13,14,15,16). The van der Waals surface area contributed by atoms with Gasteiger partial charge in [0.05, 0.1) is 0 Å². The van der Waals surface area contributed by atoms with Gasteiger partial charge >= 0.3 is 6.01 Å². The number of benzene rings is 1. The molecule has 0 aliphatic heterocycles. The zero-order chi connectivity index (χ0) is 13.1. The van der Waals surface area contributed by atoms with Gasteiger partial charge in [0.1, 0.15) is 5.75 Å². The van der Waals surface area contributed by atoms with Crippen LogP contribution in [-0.2, 0) is 0 Å². The van der Waals surface area contributed by atoms with Crippen LogP contribution < -0.4 is 15.4 Å². The topological polar surface area (TPSA) is 77.2 Å². The normalized spacial score (nSPS) is 10.2. The minimum atomic E-state index is 0.135. The Balaban J connectivity index is 2.26. The van der Waals surface area contributed by atoms with Gasteiger partial charge in [0.25, 0.3) is 0 Å². The van der Waals surface area contributed by atoms with Crippen molar-refractivity contribution in [3.05, 3.63) is 29.8 Å². The molecule has 2 N–H and O–H groups in total. The van der Waals surface area contributed by atoms with Gasteiger partial charge in [-0.05, 0) is 19.1 Å². The summed E-state index contributed by atoms with van der Waals surface area (Å²) in [6, 6.07) is 7.80. The molecule has 0 spiro atoms. The van der Waals surface area contributed by atoms with E-state index < -0.39 is 0 Å². The third-order valence-corrected chi connectivity index (χ3v) is 2.25. The lowest BCUT2D eigenvalue weighted by atomic mass is 10.2. The van der Waals surface area contributed by atoms with Crippen molar-refractivity contribution in [2.75, 3.05) is 24.7 Å². The lowest BCUT2D eigenvalue weighted by Gasteiger charge is -2.11. The van der Waals surface area contributed by atoms with Gasteiger partial charge in [-0.2, -0.15) is 15.0 Å². The van der Waals surface area contributed by atoms with Gasteiger partial charge in [0.2, 0.25) is 11.9 Å². The summed E-state index contributed by atoms with van der Waals surface area (Å²) in [7, 11) is 3.65. The summed E-state index contributed by atoms with van der Waals surface area (Å²) < 4.78 is 5.54. The summed E-state index contributed by atoms with van der Waals surface area (Å²) in [5.41, 5.74) is 6.76. The van der Waals surface area contributed by atoms with E-state index in [1.54, 1.807) is 4.90 Å². The number of aryl methyl sites for hydroxylation is 1. The molecule has 18 heavy (non-hydrogen) atoms. The Morgan fingerprint density at radius 2 is 1.72 bits per heavy atom. The third kappa shape index (κ3) is 2.85. The molecule has 0 radical (unpaired) electrons. The molecule has 0 atom stereocenters. The van der Waals surface area contributed by atoms with Gasteiger partial charge in [-0.25, -0.2) is 0 Å². The van der Waals surface area contributed by atoms with E-state index in [1.165, 1.54) is 0 Å². The van der Waals surface area contributed by atoms with Gasteiger partial charge in [0, 0.05) is 14.1 Å². The largest absolute Gasteiger partial charge is 0.424 e. The van der Waals surface area contributed by atoms with Crippen LogP contribution >= 0.6 is 0 Å². The molecular formula is C12H15N5O. The van der Waals surface area contributed by atoms with Gasteiger partial charge in [-0.3, -0.25) is 0 Å². The monoisotopic (exact) mass is 245 g/mol. The van der Waals surface area contributed by atoms with E-state index in [9.17, 15) is 0 Å². The fourth-order valence-corrected chi connectivity index (χ4v) is 1.32. The van der Waals surface area contributed by atoms with Crippen molar-refractivity contribution >= 4 is 11.9 Å². The van der Waals surface area contributed by atoms with Crippen LogP contribution in [0.3, 0.4) is 0 Å². The van der Waals surface area contributed by atoms with Crippen LogP contribution in [0.4, 0.5) is 11.9 Å². The Kier molecular flexibility index (Phi) is 3.27. The number of ether oxygens (including phenoxy) is 1. The van der Waals surface area contributed by atoms with Crippen molar-refractivity contribution in [2.24, 2.45) is 0 Å². The van der Waals surface area contributed by atoms with Crippen LogP contribution in [0.5, 0.6) is 11.8 Å². The molecule has 6 nitrogen and oxygen atoms in total. The predicted molar refractivity (Wildman–Crippen MR) is 69.8 cm³/mol. The highest BCUT2D eigenvalue weighted by molar-refractivity contribution is 5.35. The molecule has 0 fully saturated rings. The van der Waals surface area contributed by atoms with Crippen LogP contribution in [0.2, 0.25) is 0 Å². The first-order chi connectivity index (χ1) is 8.54. The minimum Gasteiger partial charge on any atom is -0.424 e. The van der Waals surface area contributed by atoms with E-state index in [0.717, 1.165) is 5.56 Å². The summed E-state index contributed by atoms with van der Waals surface area (Å²) in [5, 5.41) is 0. The highest BCUT2D eigenvalue weighted by Crippen LogP contribution is 2.20. The number of nitrogens with zero attached hydrogens (tertiary/aromatic N) is 4. The maximum atomic E-state index is 5.61. The van der Waals surface area contributed by atoms with Gasteiger partial charge in [-0.15, -0.1) is 0 Å². The van der Waals surface area contributed by atoms with Crippen LogP contribution in [0, 0.1) is 6.92 Å². The average molecular weight is 245 g/mol. The second kappa shape index (κ2) is 4.87. The zero-order valence-electron chi connectivity index (χ0n) is 10.6. The number of aromatic nitrogens is 3. The first-order valence-electron chi connectivity index (χ1n) is 5.48. The Morgan fingerprint density at radius 3 is 2.33 bits per heavy atom. The third-order valence-electron chi connectivity index (χ3n) is 2.25. The Bertz CT molecular complexity index is 539. The van der Waals surface area contributed by atoms with Crippen molar-refractivity contribution < 1.29 is 4.74 Å². The average Bonchev–Trinajstić information content (AvgIpc) is 2.31. The van der Waals surface area contributed by atoms with Crippen molar-refractivity contribution in [2.45, 2.75) is 6.92 Å². The van der Waals surface area contributed by atoms with Crippen molar-refractivity contribution in [1.82, 2.24) is 15.0 Å². The van der Waals surface area contributed by atoms with Crippen LogP contribution in [0.1, 0.15) is 5.56 Å². The van der Waals surface area contributed by atoms with Gasteiger partial charge < -0.3 is 15.4 Å². The number of nitrogen functional groups attached to an aromatic ring is 1. The summed E-state index contributed by atoms with van der Waals surface area (Å²) in [5.74, 6) is 1.26. The second-order valence-corrected chi connectivity index (χ2v) is 4.09. The SMILES string of the molecule is Cc1ccc(Oc2nc(N)nc(N(C)C)n2)cc1. The molecular weight excluding hydrogens is 230 g/mol. The van der Waals surface area contributed by atoms with E-state index in [4.69, 9.17) is 10.5 Å². The second-order valence-electron chi connectivity index (χ2n) is 4.09. The molecule has 0 saturated carbocycles. The maximum Gasteiger partial charge on any atom is 0.328 e. The molecule has 1 heterocycles. The predicted octanol–water partition coefficient (Wildman–Crippen LogP) is 1.62. The molecule has 0 aliphatic rings. The first-order valence-corrected chi connectivity index (χ1v) is 5.48. The molecule has 0 bridgehead atoms. The lowest BCUT2D eigenvalue weighted by molar-refractivity contribution is 0.441. The van der Waals surface area contributed by atoms with Crippen molar-refractivity contribution in [3.63, 3.8) is 0 Å². The van der Waals surface area contributed by atoms with Crippen LogP contribution in [-0.4, -0.2) is 29.0 Å². The molecule has 1 aromatic carbocycles. The molecule has 6 heteroatoms. The summed E-state index contributed by atoms with van der Waals surface area (Å²) in [6.07, 6.45) is 0. The van der Waals surface area contributed by atoms with E-state index in [0.29, 0.717) is 11.7 Å². The Labute approximate surface area is 105 Å². The Morgan fingerprint density at radius 1 is 1.06 bits per heavy atom. The molecule has 0 saturated heterocycles. The first kappa shape index (κ1) is 12.1. The molecule has 0 unspecified atom stereocenters. The number of hydrogen-bond acceptors (Lipinski definition) is 6. The van der Waals surface area contributed by atoms with Gasteiger partial charge in [-0.1, -0.05) is 17.7 Å².